The van der Waals surface area contributed by atoms with Gasteiger partial charge in [0.25, 0.3) is 0 Å². The molecule has 0 N–H and O–H groups in total. The highest BCUT2D eigenvalue weighted by Crippen LogP contribution is 2.40. The summed E-state index contributed by atoms with van der Waals surface area (Å²) in [7, 11) is 0. The minimum Gasteiger partial charge on any atom is -0.336 e. The normalized spacial score (nSPS) is 25.0. The molecular weight excluding hydrogens is 344 g/mol. The molecular formula is C20H26N4OS. The average molecular weight is 371 g/mol. The fourth-order valence-corrected chi connectivity index (χ4v) is 5.24. The molecule has 2 fully saturated rings. The van der Waals surface area contributed by atoms with E-state index in [4.69, 9.17) is 0 Å². The van der Waals surface area contributed by atoms with Gasteiger partial charge in [-0.25, -0.2) is 9.67 Å². The Morgan fingerprint density at radius 3 is 2.42 bits per heavy atom. The van der Waals surface area contributed by atoms with Crippen molar-refractivity contribution in [2.75, 3.05) is 0 Å². The standard InChI is InChI=1S/C20H26N4OS/c1-14(2)26-19-7-3-15(4-8-19)9-20(25)24-16-5-6-17(24)11-18(10-16)23-13-21-12-22-23/h3-4,7-8,12-14,16-18H,5-6,9-11H2,1-2H3. The number of amides is 1. The zero-order valence-electron chi connectivity index (χ0n) is 15.4. The van der Waals surface area contributed by atoms with E-state index in [-0.39, 0.29) is 5.91 Å². The lowest BCUT2D eigenvalue weighted by molar-refractivity contribution is -0.135. The molecule has 2 bridgehead atoms. The summed E-state index contributed by atoms with van der Waals surface area (Å²) in [6.45, 7) is 4.39. The Bertz CT molecular complexity index is 730. The molecule has 2 aliphatic rings. The maximum Gasteiger partial charge on any atom is 0.227 e. The summed E-state index contributed by atoms with van der Waals surface area (Å²) >= 11 is 1.86. The summed E-state index contributed by atoms with van der Waals surface area (Å²) in [6.07, 6.45) is 8.13. The molecule has 138 valence electrons. The monoisotopic (exact) mass is 370 g/mol. The number of fused-ring (bicyclic) bond motifs is 2. The zero-order valence-corrected chi connectivity index (χ0v) is 16.2. The number of thioether (sulfide) groups is 1. The van der Waals surface area contributed by atoms with Gasteiger partial charge >= 0.3 is 0 Å². The van der Waals surface area contributed by atoms with E-state index in [1.54, 1.807) is 12.7 Å². The van der Waals surface area contributed by atoms with Crippen molar-refractivity contribution in [3.63, 3.8) is 0 Å². The highest BCUT2D eigenvalue weighted by molar-refractivity contribution is 7.99. The number of hydrogen-bond acceptors (Lipinski definition) is 4. The number of nitrogens with zero attached hydrogens (tertiary/aromatic N) is 4. The van der Waals surface area contributed by atoms with Crippen LogP contribution in [0.15, 0.2) is 41.8 Å². The first-order valence-corrected chi connectivity index (χ1v) is 10.4. The van der Waals surface area contributed by atoms with E-state index in [0.29, 0.717) is 29.8 Å². The van der Waals surface area contributed by atoms with E-state index in [2.05, 4.69) is 53.1 Å². The predicted molar refractivity (Wildman–Crippen MR) is 103 cm³/mol. The van der Waals surface area contributed by atoms with Crippen LogP contribution in [-0.2, 0) is 11.2 Å². The first-order valence-electron chi connectivity index (χ1n) is 9.51. The van der Waals surface area contributed by atoms with Crippen LogP contribution in [0.1, 0.15) is 51.1 Å². The molecule has 0 spiro atoms. The smallest absolute Gasteiger partial charge is 0.227 e. The van der Waals surface area contributed by atoms with Crippen LogP contribution >= 0.6 is 11.8 Å². The SMILES string of the molecule is CC(C)Sc1ccc(CC(=O)N2C3CCC2CC(n2cncn2)C3)cc1. The fourth-order valence-electron chi connectivity index (χ4n) is 4.40. The van der Waals surface area contributed by atoms with Gasteiger partial charge in [0, 0.05) is 22.2 Å². The predicted octanol–water partition coefficient (Wildman–Crippen LogP) is 3.72. The summed E-state index contributed by atoms with van der Waals surface area (Å²) in [5.74, 6) is 0.277. The van der Waals surface area contributed by atoms with Gasteiger partial charge in [-0.1, -0.05) is 26.0 Å². The number of carbonyl (C=O) groups is 1. The van der Waals surface area contributed by atoms with Crippen LogP contribution in [0.5, 0.6) is 0 Å². The molecule has 6 heteroatoms. The highest BCUT2D eigenvalue weighted by atomic mass is 32.2. The topological polar surface area (TPSA) is 51.0 Å². The van der Waals surface area contributed by atoms with Gasteiger partial charge in [0.2, 0.25) is 5.91 Å². The summed E-state index contributed by atoms with van der Waals surface area (Å²) < 4.78 is 1.97. The summed E-state index contributed by atoms with van der Waals surface area (Å²) in [5, 5.41) is 4.88. The van der Waals surface area contributed by atoms with Crippen LogP contribution in [0.3, 0.4) is 0 Å². The molecule has 0 aliphatic carbocycles. The number of piperidine rings is 1. The lowest BCUT2D eigenvalue weighted by Crippen LogP contribution is -2.47. The molecule has 0 radical (unpaired) electrons. The Morgan fingerprint density at radius 1 is 1.15 bits per heavy atom. The third-order valence-corrected chi connectivity index (χ3v) is 6.47. The van der Waals surface area contributed by atoms with Crippen molar-refractivity contribution in [1.29, 1.82) is 0 Å². The minimum atomic E-state index is 0.277. The molecule has 1 amide bonds. The Morgan fingerprint density at radius 2 is 1.85 bits per heavy atom. The molecule has 2 aromatic rings. The van der Waals surface area contributed by atoms with Crippen LogP contribution in [0.25, 0.3) is 0 Å². The Labute approximate surface area is 159 Å². The van der Waals surface area contributed by atoms with Crippen molar-refractivity contribution in [1.82, 2.24) is 19.7 Å². The number of rotatable bonds is 5. The van der Waals surface area contributed by atoms with Crippen LogP contribution in [0.4, 0.5) is 0 Å². The second kappa shape index (κ2) is 7.43. The van der Waals surface area contributed by atoms with E-state index in [9.17, 15) is 4.79 Å². The van der Waals surface area contributed by atoms with Gasteiger partial charge in [-0.2, -0.15) is 5.10 Å². The van der Waals surface area contributed by atoms with Gasteiger partial charge in [-0.15, -0.1) is 11.8 Å². The number of hydrogen-bond donors (Lipinski definition) is 0. The third-order valence-electron chi connectivity index (χ3n) is 5.46. The van der Waals surface area contributed by atoms with Gasteiger partial charge in [0.15, 0.2) is 0 Å². The Balaban J connectivity index is 1.40. The molecule has 2 atom stereocenters. The van der Waals surface area contributed by atoms with E-state index >= 15 is 0 Å². The van der Waals surface area contributed by atoms with Crippen molar-refractivity contribution in [2.45, 2.75) is 74.2 Å². The van der Waals surface area contributed by atoms with Crippen LogP contribution < -0.4 is 0 Å². The van der Waals surface area contributed by atoms with Crippen LogP contribution in [-0.4, -0.2) is 42.9 Å². The molecule has 3 heterocycles. The molecule has 2 aliphatic heterocycles. The van der Waals surface area contributed by atoms with Crippen molar-refractivity contribution in [3.05, 3.63) is 42.5 Å². The second-order valence-electron chi connectivity index (χ2n) is 7.67. The summed E-state index contributed by atoms with van der Waals surface area (Å²) in [4.78, 5) is 20.5. The molecule has 5 nitrogen and oxygen atoms in total. The largest absolute Gasteiger partial charge is 0.336 e. The number of aromatic nitrogens is 3. The van der Waals surface area contributed by atoms with Crippen LogP contribution in [0, 0.1) is 0 Å². The average Bonchev–Trinajstić information content (AvgIpc) is 3.23. The maximum atomic E-state index is 13.0. The molecule has 2 saturated heterocycles. The van der Waals surface area contributed by atoms with Gasteiger partial charge in [-0.05, 0) is 43.4 Å². The van der Waals surface area contributed by atoms with Crippen molar-refractivity contribution >= 4 is 17.7 Å². The fraction of sp³-hybridized carbons (Fsp3) is 0.550. The van der Waals surface area contributed by atoms with Crippen molar-refractivity contribution in [3.8, 4) is 0 Å². The van der Waals surface area contributed by atoms with Gasteiger partial charge in [0.05, 0.1) is 12.5 Å². The van der Waals surface area contributed by atoms with Crippen LogP contribution in [0.2, 0.25) is 0 Å². The lowest BCUT2D eigenvalue weighted by atomic mass is 9.96. The van der Waals surface area contributed by atoms with Gasteiger partial charge in [-0.3, -0.25) is 4.79 Å². The Kier molecular flexibility index (Phi) is 5.02. The molecule has 0 saturated carbocycles. The van der Waals surface area contributed by atoms with E-state index < -0.39 is 0 Å². The molecule has 26 heavy (non-hydrogen) atoms. The molecule has 1 aromatic carbocycles. The summed E-state index contributed by atoms with van der Waals surface area (Å²) in [5.41, 5.74) is 1.11. The zero-order chi connectivity index (χ0) is 18.1. The van der Waals surface area contributed by atoms with Crippen molar-refractivity contribution < 1.29 is 4.79 Å². The lowest BCUT2D eigenvalue weighted by Gasteiger charge is -2.39. The number of carbonyl (C=O) groups excluding carboxylic acids is 1. The third kappa shape index (κ3) is 3.65. The van der Waals surface area contributed by atoms with E-state index in [1.165, 1.54) is 4.90 Å². The van der Waals surface area contributed by atoms with E-state index in [0.717, 1.165) is 31.2 Å². The van der Waals surface area contributed by atoms with E-state index in [1.807, 2.05) is 16.4 Å². The number of benzene rings is 1. The first kappa shape index (κ1) is 17.6. The van der Waals surface area contributed by atoms with Gasteiger partial charge in [0.1, 0.15) is 12.7 Å². The first-order chi connectivity index (χ1) is 12.6. The van der Waals surface area contributed by atoms with Crippen molar-refractivity contribution in [2.24, 2.45) is 0 Å². The Hall–Kier alpha value is -1.82. The maximum absolute atomic E-state index is 13.0. The minimum absolute atomic E-state index is 0.277. The van der Waals surface area contributed by atoms with Gasteiger partial charge < -0.3 is 4.90 Å². The quantitative estimate of drug-likeness (QED) is 0.753. The highest BCUT2D eigenvalue weighted by Gasteiger charge is 2.43. The molecule has 4 rings (SSSR count). The summed E-state index contributed by atoms with van der Waals surface area (Å²) in [6, 6.07) is 9.57. The second-order valence-corrected chi connectivity index (χ2v) is 9.32. The molecule has 1 aromatic heterocycles. The molecule has 2 unspecified atom stereocenters.